The zero-order valence-electron chi connectivity index (χ0n) is 8.33. The van der Waals surface area contributed by atoms with E-state index in [0.29, 0.717) is 0 Å². The highest BCUT2D eigenvalue weighted by atomic mass is 79.9. The topological polar surface area (TPSA) is 18.5 Å². The van der Waals surface area contributed by atoms with Gasteiger partial charge in [0.05, 0.1) is 13.7 Å². The van der Waals surface area contributed by atoms with Crippen LogP contribution in [0.2, 0.25) is 0 Å². The number of benzene rings is 1. The fourth-order valence-electron chi connectivity index (χ4n) is 1.08. The van der Waals surface area contributed by atoms with Crippen LogP contribution in [0.1, 0.15) is 12.8 Å². The van der Waals surface area contributed by atoms with Crippen LogP contribution in [-0.4, -0.2) is 19.0 Å². The Bertz CT molecular complexity index is 263. The van der Waals surface area contributed by atoms with Crippen molar-refractivity contribution in [3.8, 4) is 11.5 Å². The minimum Gasteiger partial charge on any atom is -0.497 e. The lowest BCUT2D eigenvalue weighted by molar-refractivity contribution is 0.307. The summed E-state index contributed by atoms with van der Waals surface area (Å²) in [4.78, 5) is 0. The Morgan fingerprint density at radius 1 is 1.21 bits per heavy atom. The second-order valence-corrected chi connectivity index (χ2v) is 3.72. The van der Waals surface area contributed by atoms with Gasteiger partial charge < -0.3 is 9.47 Å². The van der Waals surface area contributed by atoms with Gasteiger partial charge in [-0.1, -0.05) is 22.0 Å². The molecule has 0 bridgehead atoms. The molecule has 0 heterocycles. The van der Waals surface area contributed by atoms with Gasteiger partial charge in [0.25, 0.3) is 0 Å². The van der Waals surface area contributed by atoms with E-state index < -0.39 is 0 Å². The van der Waals surface area contributed by atoms with Gasteiger partial charge in [0.15, 0.2) is 0 Å². The van der Waals surface area contributed by atoms with Crippen LogP contribution in [0.5, 0.6) is 11.5 Å². The molecule has 3 heteroatoms. The Morgan fingerprint density at radius 2 is 2.00 bits per heavy atom. The molecule has 0 saturated heterocycles. The first-order chi connectivity index (χ1) is 6.86. The van der Waals surface area contributed by atoms with Crippen molar-refractivity contribution in [2.45, 2.75) is 12.8 Å². The molecule has 0 aliphatic rings. The van der Waals surface area contributed by atoms with Crippen molar-refractivity contribution in [3.63, 3.8) is 0 Å². The summed E-state index contributed by atoms with van der Waals surface area (Å²) in [5.74, 6) is 1.71. The molecule has 0 atom stereocenters. The van der Waals surface area contributed by atoms with Gasteiger partial charge >= 0.3 is 0 Å². The maximum absolute atomic E-state index is 5.55. The van der Waals surface area contributed by atoms with E-state index in [0.717, 1.165) is 36.3 Å². The molecule has 0 fully saturated rings. The van der Waals surface area contributed by atoms with Crippen LogP contribution in [0.25, 0.3) is 0 Å². The summed E-state index contributed by atoms with van der Waals surface area (Å²) >= 11 is 3.38. The standard InChI is InChI=1S/C11H15BrO2/c1-13-10-5-4-6-11(9-10)14-8-3-2-7-12/h4-6,9H,2-3,7-8H2,1H3. The van der Waals surface area contributed by atoms with E-state index in [4.69, 9.17) is 9.47 Å². The van der Waals surface area contributed by atoms with Gasteiger partial charge in [0, 0.05) is 11.4 Å². The van der Waals surface area contributed by atoms with Crippen molar-refractivity contribution in [2.75, 3.05) is 19.0 Å². The third kappa shape index (κ3) is 4.01. The molecular formula is C11H15BrO2. The zero-order chi connectivity index (χ0) is 10.2. The molecule has 78 valence electrons. The Kier molecular flexibility index (Phi) is 5.45. The molecule has 0 aromatic heterocycles. The lowest BCUT2D eigenvalue weighted by Gasteiger charge is -2.06. The molecule has 14 heavy (non-hydrogen) atoms. The van der Waals surface area contributed by atoms with Crippen molar-refractivity contribution in [2.24, 2.45) is 0 Å². The van der Waals surface area contributed by atoms with E-state index in [9.17, 15) is 0 Å². The second kappa shape index (κ2) is 6.71. The molecule has 1 rings (SSSR count). The van der Waals surface area contributed by atoms with Gasteiger partial charge in [-0.3, -0.25) is 0 Å². The van der Waals surface area contributed by atoms with E-state index in [1.165, 1.54) is 0 Å². The van der Waals surface area contributed by atoms with E-state index in [1.807, 2.05) is 24.3 Å². The lowest BCUT2D eigenvalue weighted by Crippen LogP contribution is -1.97. The molecule has 0 N–H and O–H groups in total. The monoisotopic (exact) mass is 258 g/mol. The Morgan fingerprint density at radius 3 is 2.71 bits per heavy atom. The van der Waals surface area contributed by atoms with Crippen molar-refractivity contribution in [1.29, 1.82) is 0 Å². The molecular weight excluding hydrogens is 244 g/mol. The van der Waals surface area contributed by atoms with Crippen LogP contribution in [0.3, 0.4) is 0 Å². The average Bonchev–Trinajstić information content (AvgIpc) is 2.25. The van der Waals surface area contributed by atoms with Crippen LogP contribution in [0.15, 0.2) is 24.3 Å². The minimum atomic E-state index is 0.763. The number of halogens is 1. The summed E-state index contributed by atoms with van der Waals surface area (Å²) in [5, 5.41) is 1.04. The lowest BCUT2D eigenvalue weighted by atomic mass is 10.3. The third-order valence-corrected chi connectivity index (χ3v) is 2.40. The fourth-order valence-corrected chi connectivity index (χ4v) is 1.47. The van der Waals surface area contributed by atoms with Crippen LogP contribution in [-0.2, 0) is 0 Å². The van der Waals surface area contributed by atoms with Gasteiger partial charge in [0.1, 0.15) is 11.5 Å². The SMILES string of the molecule is COc1cccc(OCCCCBr)c1. The number of methoxy groups -OCH3 is 1. The van der Waals surface area contributed by atoms with E-state index in [1.54, 1.807) is 7.11 Å². The fraction of sp³-hybridized carbons (Fsp3) is 0.455. The molecule has 0 amide bonds. The number of ether oxygens (including phenoxy) is 2. The Balaban J connectivity index is 2.34. The van der Waals surface area contributed by atoms with Crippen molar-refractivity contribution >= 4 is 15.9 Å². The largest absolute Gasteiger partial charge is 0.497 e. The normalized spacial score (nSPS) is 9.86. The quantitative estimate of drug-likeness (QED) is 0.576. The molecule has 0 unspecified atom stereocenters. The smallest absolute Gasteiger partial charge is 0.122 e. The molecule has 1 aromatic rings. The summed E-state index contributed by atoms with van der Waals surface area (Å²) in [7, 11) is 1.66. The minimum absolute atomic E-state index is 0.763. The molecule has 0 aliphatic heterocycles. The van der Waals surface area contributed by atoms with Crippen molar-refractivity contribution in [1.82, 2.24) is 0 Å². The summed E-state index contributed by atoms with van der Waals surface area (Å²) in [6.07, 6.45) is 2.21. The third-order valence-electron chi connectivity index (χ3n) is 1.84. The van der Waals surface area contributed by atoms with E-state index in [2.05, 4.69) is 15.9 Å². The predicted octanol–water partition coefficient (Wildman–Crippen LogP) is 3.25. The van der Waals surface area contributed by atoms with E-state index in [-0.39, 0.29) is 0 Å². The van der Waals surface area contributed by atoms with Gasteiger partial charge in [-0.05, 0) is 25.0 Å². The van der Waals surface area contributed by atoms with Crippen molar-refractivity contribution in [3.05, 3.63) is 24.3 Å². The highest BCUT2D eigenvalue weighted by Crippen LogP contribution is 2.18. The first-order valence-corrected chi connectivity index (χ1v) is 5.82. The van der Waals surface area contributed by atoms with Gasteiger partial charge in [-0.15, -0.1) is 0 Å². The highest BCUT2D eigenvalue weighted by molar-refractivity contribution is 9.09. The summed E-state index contributed by atoms with van der Waals surface area (Å²) < 4.78 is 10.6. The van der Waals surface area contributed by atoms with Crippen LogP contribution in [0.4, 0.5) is 0 Å². The van der Waals surface area contributed by atoms with Gasteiger partial charge in [-0.25, -0.2) is 0 Å². The molecule has 0 spiro atoms. The summed E-state index contributed by atoms with van der Waals surface area (Å²) in [6.45, 7) is 0.763. The zero-order valence-corrected chi connectivity index (χ0v) is 9.92. The number of unbranched alkanes of at least 4 members (excludes halogenated alkanes) is 1. The molecule has 0 radical (unpaired) electrons. The van der Waals surface area contributed by atoms with Crippen molar-refractivity contribution < 1.29 is 9.47 Å². The molecule has 0 saturated carbocycles. The summed E-state index contributed by atoms with van der Waals surface area (Å²) in [5.41, 5.74) is 0. The van der Waals surface area contributed by atoms with E-state index >= 15 is 0 Å². The van der Waals surface area contributed by atoms with Gasteiger partial charge in [0.2, 0.25) is 0 Å². The van der Waals surface area contributed by atoms with Crippen LogP contribution >= 0.6 is 15.9 Å². The number of alkyl halides is 1. The first kappa shape index (κ1) is 11.4. The average molecular weight is 259 g/mol. The highest BCUT2D eigenvalue weighted by Gasteiger charge is 1.95. The number of rotatable bonds is 6. The molecule has 0 aliphatic carbocycles. The van der Waals surface area contributed by atoms with Crippen LogP contribution in [0, 0.1) is 0 Å². The number of hydrogen-bond donors (Lipinski definition) is 0. The Hall–Kier alpha value is -0.700. The molecule has 2 nitrogen and oxygen atoms in total. The first-order valence-electron chi connectivity index (χ1n) is 4.69. The summed E-state index contributed by atoms with van der Waals surface area (Å²) in [6, 6.07) is 7.68. The Labute approximate surface area is 93.4 Å². The maximum Gasteiger partial charge on any atom is 0.122 e. The molecule has 1 aromatic carbocycles. The maximum atomic E-state index is 5.55. The van der Waals surface area contributed by atoms with Crippen LogP contribution < -0.4 is 9.47 Å². The predicted molar refractivity (Wildman–Crippen MR) is 61.5 cm³/mol. The number of hydrogen-bond acceptors (Lipinski definition) is 2. The second-order valence-electron chi connectivity index (χ2n) is 2.92. The van der Waals surface area contributed by atoms with Gasteiger partial charge in [-0.2, -0.15) is 0 Å².